The Morgan fingerprint density at radius 2 is 1.59 bits per heavy atom. The summed E-state index contributed by atoms with van der Waals surface area (Å²) in [5, 5.41) is 11.7. The highest BCUT2D eigenvalue weighted by molar-refractivity contribution is 6.27. The lowest BCUT2D eigenvalue weighted by Gasteiger charge is -2.29. The number of hydrogen-bond donors (Lipinski definition) is 1. The van der Waals surface area contributed by atoms with Gasteiger partial charge in [0.2, 0.25) is 5.91 Å². The maximum absolute atomic E-state index is 14.6. The number of hydrogen-bond acceptors (Lipinski definition) is 5. The van der Waals surface area contributed by atoms with Crippen molar-refractivity contribution in [1.82, 2.24) is 4.90 Å². The van der Waals surface area contributed by atoms with Gasteiger partial charge in [0.25, 0.3) is 11.8 Å². The molecule has 3 atom stereocenters. The second kappa shape index (κ2) is 12.3. The van der Waals surface area contributed by atoms with E-state index in [1.54, 1.807) is 14.7 Å². The number of rotatable bonds is 9. The Balaban J connectivity index is 1.04. The molecule has 3 heterocycles. The lowest BCUT2D eigenvalue weighted by atomic mass is 9.83. The van der Waals surface area contributed by atoms with Gasteiger partial charge >= 0.3 is 0 Å². The fourth-order valence-corrected chi connectivity index (χ4v) is 8.00. The number of aliphatic hydroxyl groups is 1. The van der Waals surface area contributed by atoms with Crippen molar-refractivity contribution in [3.05, 3.63) is 138 Å². The molecule has 1 fully saturated rings. The van der Waals surface area contributed by atoms with Gasteiger partial charge in [-0.25, -0.2) is 0 Å². The van der Waals surface area contributed by atoms with Crippen molar-refractivity contribution in [2.75, 3.05) is 23.0 Å². The van der Waals surface area contributed by atoms with Gasteiger partial charge in [0.1, 0.15) is 0 Å². The van der Waals surface area contributed by atoms with Crippen molar-refractivity contribution >= 4 is 45.6 Å². The largest absolute Gasteiger partial charge is 0.395 e. The van der Waals surface area contributed by atoms with Gasteiger partial charge in [-0.05, 0) is 53.3 Å². The van der Waals surface area contributed by atoms with Crippen molar-refractivity contribution in [2.45, 2.75) is 44.6 Å². The highest BCUT2D eigenvalue weighted by Gasteiger charge is 2.60. The van der Waals surface area contributed by atoms with Crippen LogP contribution in [0.5, 0.6) is 0 Å². The number of benzene rings is 5. The Labute approximate surface area is 285 Å². The molecule has 0 bridgehead atoms. The van der Waals surface area contributed by atoms with Crippen LogP contribution < -0.4 is 9.80 Å². The van der Waals surface area contributed by atoms with Crippen LogP contribution in [0.3, 0.4) is 0 Å². The van der Waals surface area contributed by atoms with Gasteiger partial charge in [-0.2, -0.15) is 0 Å². The average molecular weight is 652 g/mol. The molecule has 1 N–H and O–H groups in total. The molecule has 246 valence electrons. The number of carbonyl (C=O) groups excluding carboxylic acids is 3. The smallest absolute Gasteiger partial charge is 0.264 e. The standard InChI is InChI=1S/C41H37N3O5/c1-27-22-32(24-37(46)42(20-21-45)25-28-10-3-2-4-11-28)49-41(27)34-17-5-6-18-35(34)43(40(41)48)26-29-12-7-15-31(23-29)44-36-19-9-14-30-13-8-16-33(38(30)36)39(44)47/h2-19,23,27,32,45H,20-22,24-26H2,1H3/t27-,32-,41+/m1/s1. The number of amides is 3. The second-order valence-corrected chi connectivity index (χ2v) is 13.2. The van der Waals surface area contributed by atoms with Crippen molar-refractivity contribution < 1.29 is 24.2 Å². The van der Waals surface area contributed by atoms with Crippen molar-refractivity contribution in [2.24, 2.45) is 5.92 Å². The summed E-state index contributed by atoms with van der Waals surface area (Å²) < 4.78 is 6.71. The van der Waals surface area contributed by atoms with E-state index in [0.717, 1.165) is 44.5 Å². The van der Waals surface area contributed by atoms with Gasteiger partial charge in [0, 0.05) is 35.6 Å². The van der Waals surface area contributed by atoms with E-state index in [1.165, 1.54) is 0 Å². The average Bonchev–Trinajstić information content (AvgIpc) is 3.69. The van der Waals surface area contributed by atoms with Crippen LogP contribution in [-0.2, 0) is 33.0 Å². The molecule has 1 saturated heterocycles. The highest BCUT2D eigenvalue weighted by atomic mass is 16.5. The molecule has 0 unspecified atom stereocenters. The minimum Gasteiger partial charge on any atom is -0.395 e. The van der Waals surface area contributed by atoms with E-state index >= 15 is 0 Å². The first-order valence-corrected chi connectivity index (χ1v) is 16.9. The summed E-state index contributed by atoms with van der Waals surface area (Å²) in [5.74, 6) is -0.501. The summed E-state index contributed by atoms with van der Waals surface area (Å²) in [6.45, 7) is 2.80. The van der Waals surface area contributed by atoms with E-state index in [2.05, 4.69) is 0 Å². The predicted molar refractivity (Wildman–Crippen MR) is 188 cm³/mol. The Morgan fingerprint density at radius 3 is 2.41 bits per heavy atom. The summed E-state index contributed by atoms with van der Waals surface area (Å²) in [4.78, 5) is 47.0. The Kier molecular flexibility index (Phi) is 7.77. The van der Waals surface area contributed by atoms with E-state index < -0.39 is 11.7 Å². The molecule has 0 aliphatic carbocycles. The normalized spacial score (nSPS) is 20.9. The quantitative estimate of drug-likeness (QED) is 0.191. The summed E-state index contributed by atoms with van der Waals surface area (Å²) in [6.07, 6.45) is 0.219. The number of aliphatic hydroxyl groups excluding tert-OH is 1. The van der Waals surface area contributed by atoms with E-state index in [0.29, 0.717) is 25.1 Å². The molecular formula is C41H37N3O5. The number of para-hydroxylation sites is 1. The number of nitrogens with zero attached hydrogens (tertiary/aromatic N) is 3. The predicted octanol–water partition coefficient (Wildman–Crippen LogP) is 6.71. The summed E-state index contributed by atoms with van der Waals surface area (Å²) >= 11 is 0. The first-order valence-electron chi connectivity index (χ1n) is 16.9. The zero-order valence-electron chi connectivity index (χ0n) is 27.3. The third-order valence-electron chi connectivity index (χ3n) is 10.2. The molecule has 0 aromatic heterocycles. The molecule has 0 saturated carbocycles. The maximum atomic E-state index is 14.6. The van der Waals surface area contributed by atoms with Gasteiger partial charge in [-0.15, -0.1) is 0 Å². The molecule has 5 aromatic rings. The SMILES string of the molecule is C[C@@H]1C[C@H](CC(=O)N(CCO)Cc2ccccc2)O[C@@]12C(=O)N(Cc1cccc(N3C(=O)c4cccc5cccc3c45)c1)c1ccccc12. The molecule has 0 radical (unpaired) electrons. The Hall–Kier alpha value is -5.31. The van der Waals surface area contributed by atoms with Crippen LogP contribution in [0.2, 0.25) is 0 Å². The van der Waals surface area contributed by atoms with E-state index in [9.17, 15) is 19.5 Å². The molecule has 8 rings (SSSR count). The second-order valence-electron chi connectivity index (χ2n) is 13.2. The molecule has 8 heteroatoms. The minimum atomic E-state index is -1.21. The van der Waals surface area contributed by atoms with Crippen molar-refractivity contribution in [3.63, 3.8) is 0 Å². The molecule has 5 aromatic carbocycles. The van der Waals surface area contributed by atoms with E-state index in [1.807, 2.05) is 122 Å². The number of ether oxygens (including phenoxy) is 1. The van der Waals surface area contributed by atoms with Crippen LogP contribution in [0.25, 0.3) is 10.8 Å². The molecule has 49 heavy (non-hydrogen) atoms. The van der Waals surface area contributed by atoms with Crippen LogP contribution in [-0.4, -0.2) is 47.0 Å². The maximum Gasteiger partial charge on any atom is 0.264 e. The summed E-state index contributed by atoms with van der Waals surface area (Å²) in [7, 11) is 0. The zero-order valence-corrected chi connectivity index (χ0v) is 27.3. The molecule has 1 spiro atoms. The summed E-state index contributed by atoms with van der Waals surface area (Å²) in [6, 6.07) is 37.0. The third-order valence-corrected chi connectivity index (χ3v) is 10.2. The molecule has 3 aliphatic heterocycles. The monoisotopic (exact) mass is 651 g/mol. The van der Waals surface area contributed by atoms with Gasteiger partial charge in [-0.3, -0.25) is 19.3 Å². The minimum absolute atomic E-state index is 0.0689. The first kappa shape index (κ1) is 31.0. The van der Waals surface area contributed by atoms with Gasteiger partial charge in [0.05, 0.1) is 42.6 Å². The Bertz CT molecular complexity index is 2090. The van der Waals surface area contributed by atoms with Crippen molar-refractivity contribution in [3.8, 4) is 0 Å². The highest BCUT2D eigenvalue weighted by Crippen LogP contribution is 2.54. The molecule has 8 nitrogen and oxygen atoms in total. The number of carbonyl (C=O) groups is 3. The number of fused-ring (bicyclic) bond motifs is 2. The molecule has 3 aliphatic rings. The van der Waals surface area contributed by atoms with Crippen LogP contribution in [0, 0.1) is 5.92 Å². The summed E-state index contributed by atoms with van der Waals surface area (Å²) in [5.41, 5.74) is 4.54. The lowest BCUT2D eigenvalue weighted by molar-refractivity contribution is -0.150. The van der Waals surface area contributed by atoms with Crippen molar-refractivity contribution in [1.29, 1.82) is 0 Å². The lowest BCUT2D eigenvalue weighted by Crippen LogP contribution is -2.44. The zero-order chi connectivity index (χ0) is 33.7. The van der Waals surface area contributed by atoms with Crippen LogP contribution in [0.15, 0.2) is 115 Å². The third kappa shape index (κ3) is 5.10. The first-order chi connectivity index (χ1) is 23.9. The Morgan fingerprint density at radius 1 is 0.878 bits per heavy atom. The molecule has 3 amide bonds. The van der Waals surface area contributed by atoms with Gasteiger partial charge in [0.15, 0.2) is 5.60 Å². The number of anilines is 3. The topological polar surface area (TPSA) is 90.4 Å². The van der Waals surface area contributed by atoms with Crippen LogP contribution >= 0.6 is 0 Å². The van der Waals surface area contributed by atoms with Gasteiger partial charge < -0.3 is 19.6 Å². The van der Waals surface area contributed by atoms with Crippen LogP contribution in [0.4, 0.5) is 17.1 Å². The van der Waals surface area contributed by atoms with Crippen LogP contribution in [0.1, 0.15) is 46.8 Å². The fourth-order valence-electron chi connectivity index (χ4n) is 8.00. The van der Waals surface area contributed by atoms with E-state index in [-0.39, 0.29) is 43.2 Å². The van der Waals surface area contributed by atoms with E-state index in [4.69, 9.17) is 4.74 Å². The molecular weight excluding hydrogens is 614 g/mol. The van der Waals surface area contributed by atoms with Gasteiger partial charge in [-0.1, -0.05) is 91.9 Å². The fraction of sp³-hybridized carbons (Fsp3) is 0.244.